The molecular weight excluding hydrogens is 188 g/mol. The van der Waals surface area contributed by atoms with E-state index in [1.807, 2.05) is 0 Å². The van der Waals surface area contributed by atoms with E-state index in [9.17, 15) is 8.78 Å². The molecule has 0 saturated heterocycles. The van der Waals surface area contributed by atoms with Crippen molar-refractivity contribution in [3.05, 3.63) is 29.6 Å². The van der Waals surface area contributed by atoms with E-state index in [0.29, 0.717) is 5.56 Å². The molecule has 2 N–H and O–H groups in total. The van der Waals surface area contributed by atoms with Crippen LogP contribution < -0.4 is 10.5 Å². The normalized spacial score (nSPS) is 12.6. The van der Waals surface area contributed by atoms with Crippen LogP contribution in [-0.4, -0.2) is 13.8 Å². The molecule has 0 aliphatic carbocycles. The summed E-state index contributed by atoms with van der Waals surface area (Å²) in [6.45, 7) is -0.485. The Labute approximate surface area is 81.7 Å². The monoisotopic (exact) mass is 201 g/mol. The fourth-order valence-electron chi connectivity index (χ4n) is 1.19. The summed E-state index contributed by atoms with van der Waals surface area (Å²) in [6.07, 6.45) is 0.231. The first-order chi connectivity index (χ1) is 6.69. The Bertz CT molecular complexity index is 304. The van der Waals surface area contributed by atoms with Crippen LogP contribution in [0, 0.1) is 5.82 Å². The molecule has 14 heavy (non-hydrogen) atoms. The molecule has 2 nitrogen and oxygen atoms in total. The van der Waals surface area contributed by atoms with Gasteiger partial charge in [-0.15, -0.1) is 0 Å². The van der Waals surface area contributed by atoms with Crippen LogP contribution in [0.1, 0.15) is 18.0 Å². The summed E-state index contributed by atoms with van der Waals surface area (Å²) in [4.78, 5) is 0. The van der Waals surface area contributed by atoms with Crippen LogP contribution in [-0.2, 0) is 0 Å². The van der Waals surface area contributed by atoms with Crippen LogP contribution in [0.4, 0.5) is 8.78 Å². The fraction of sp³-hybridized carbons (Fsp3) is 0.400. The minimum atomic E-state index is -0.485. The van der Waals surface area contributed by atoms with Gasteiger partial charge >= 0.3 is 0 Å². The highest BCUT2D eigenvalue weighted by molar-refractivity contribution is 5.31. The molecule has 4 heteroatoms. The molecule has 1 rings (SSSR count). The summed E-state index contributed by atoms with van der Waals surface area (Å²) in [7, 11) is 1.38. The number of hydrogen-bond acceptors (Lipinski definition) is 2. The van der Waals surface area contributed by atoms with E-state index in [0.717, 1.165) is 0 Å². The number of rotatable bonds is 4. The Morgan fingerprint density at radius 1 is 1.50 bits per heavy atom. The average Bonchev–Trinajstić information content (AvgIpc) is 2.19. The van der Waals surface area contributed by atoms with E-state index in [1.54, 1.807) is 0 Å². The fourth-order valence-corrected chi connectivity index (χ4v) is 1.19. The van der Waals surface area contributed by atoms with Crippen LogP contribution in [0.3, 0.4) is 0 Å². The maximum Gasteiger partial charge on any atom is 0.165 e. The van der Waals surface area contributed by atoms with E-state index < -0.39 is 18.5 Å². The molecule has 0 amide bonds. The maximum atomic E-state index is 13.0. The lowest BCUT2D eigenvalue weighted by molar-refractivity contribution is 0.384. The van der Waals surface area contributed by atoms with Crippen molar-refractivity contribution in [2.45, 2.75) is 12.5 Å². The van der Waals surface area contributed by atoms with Crippen molar-refractivity contribution >= 4 is 0 Å². The number of halogens is 2. The minimum Gasteiger partial charge on any atom is -0.494 e. The molecular formula is C10H13F2NO. The second-order valence-electron chi connectivity index (χ2n) is 2.98. The summed E-state index contributed by atoms with van der Waals surface area (Å²) >= 11 is 0. The van der Waals surface area contributed by atoms with Crippen LogP contribution >= 0.6 is 0 Å². The smallest absolute Gasteiger partial charge is 0.165 e. The van der Waals surface area contributed by atoms with Gasteiger partial charge in [-0.2, -0.15) is 0 Å². The van der Waals surface area contributed by atoms with Gasteiger partial charge in [0.2, 0.25) is 0 Å². The molecule has 0 saturated carbocycles. The van der Waals surface area contributed by atoms with Gasteiger partial charge < -0.3 is 10.5 Å². The van der Waals surface area contributed by atoms with Gasteiger partial charge in [0, 0.05) is 6.04 Å². The number of nitrogens with two attached hydrogens (primary N) is 1. The largest absolute Gasteiger partial charge is 0.494 e. The number of benzene rings is 1. The molecule has 78 valence electrons. The molecule has 0 fully saturated rings. The highest BCUT2D eigenvalue weighted by atomic mass is 19.1. The average molecular weight is 201 g/mol. The van der Waals surface area contributed by atoms with E-state index >= 15 is 0 Å². The predicted molar refractivity (Wildman–Crippen MR) is 50.5 cm³/mol. The van der Waals surface area contributed by atoms with Gasteiger partial charge in [-0.05, 0) is 24.1 Å². The van der Waals surface area contributed by atoms with Crippen LogP contribution in [0.5, 0.6) is 5.75 Å². The van der Waals surface area contributed by atoms with Crippen molar-refractivity contribution in [1.82, 2.24) is 0 Å². The molecule has 0 aromatic heterocycles. The van der Waals surface area contributed by atoms with Crippen LogP contribution in [0.25, 0.3) is 0 Å². The summed E-state index contributed by atoms with van der Waals surface area (Å²) in [6, 6.07) is 3.90. The quantitative estimate of drug-likeness (QED) is 0.810. The van der Waals surface area contributed by atoms with E-state index in [-0.39, 0.29) is 12.2 Å². The Kier molecular flexibility index (Phi) is 3.83. The Morgan fingerprint density at radius 2 is 2.21 bits per heavy atom. The first kappa shape index (κ1) is 10.9. The number of hydrogen-bond donors (Lipinski definition) is 1. The molecule has 0 bridgehead atoms. The molecule has 1 aromatic carbocycles. The third kappa shape index (κ3) is 2.42. The highest BCUT2D eigenvalue weighted by Gasteiger charge is 2.09. The summed E-state index contributed by atoms with van der Waals surface area (Å²) in [5, 5.41) is 0. The van der Waals surface area contributed by atoms with E-state index in [2.05, 4.69) is 0 Å². The lowest BCUT2D eigenvalue weighted by Crippen LogP contribution is -2.11. The van der Waals surface area contributed by atoms with Crippen molar-refractivity contribution in [1.29, 1.82) is 0 Å². The highest BCUT2D eigenvalue weighted by Crippen LogP contribution is 2.22. The Hall–Kier alpha value is -1.16. The minimum absolute atomic E-state index is 0.136. The van der Waals surface area contributed by atoms with Gasteiger partial charge in [0.05, 0.1) is 13.8 Å². The maximum absolute atomic E-state index is 13.0. The lowest BCUT2D eigenvalue weighted by Gasteiger charge is -2.11. The Morgan fingerprint density at radius 3 is 2.79 bits per heavy atom. The molecule has 0 radical (unpaired) electrons. The summed E-state index contributed by atoms with van der Waals surface area (Å²) in [5.41, 5.74) is 6.34. The molecule has 0 unspecified atom stereocenters. The van der Waals surface area contributed by atoms with Crippen molar-refractivity contribution in [3.63, 3.8) is 0 Å². The van der Waals surface area contributed by atoms with E-state index in [1.165, 1.54) is 25.3 Å². The molecule has 0 aliphatic heterocycles. The molecule has 0 aliphatic rings. The zero-order valence-corrected chi connectivity index (χ0v) is 7.97. The van der Waals surface area contributed by atoms with Gasteiger partial charge in [0.25, 0.3) is 0 Å². The standard InChI is InChI=1S/C10H13F2NO/c1-14-10-6-7(2-3-8(10)12)9(13)4-5-11/h2-3,6,9H,4-5,13H2,1H3/t9-/m0/s1. The lowest BCUT2D eigenvalue weighted by atomic mass is 10.1. The molecule has 0 heterocycles. The predicted octanol–water partition coefficient (Wildman–Crippen LogP) is 2.19. The second kappa shape index (κ2) is 4.91. The Balaban J connectivity index is 2.88. The van der Waals surface area contributed by atoms with Gasteiger partial charge in [-0.1, -0.05) is 6.07 Å². The first-order valence-electron chi connectivity index (χ1n) is 4.34. The van der Waals surface area contributed by atoms with Crippen LogP contribution in [0.15, 0.2) is 18.2 Å². The molecule has 1 atom stereocenters. The summed E-state index contributed by atoms with van der Waals surface area (Å²) < 4.78 is 29.8. The summed E-state index contributed by atoms with van der Waals surface area (Å²) in [5.74, 6) is -0.305. The van der Waals surface area contributed by atoms with Gasteiger partial charge in [0.1, 0.15) is 0 Å². The SMILES string of the molecule is COc1cc([C@@H](N)CCF)ccc1F. The molecule has 0 spiro atoms. The third-order valence-electron chi connectivity index (χ3n) is 2.02. The topological polar surface area (TPSA) is 35.2 Å². The van der Waals surface area contributed by atoms with Crippen molar-refractivity contribution in [2.75, 3.05) is 13.8 Å². The number of alkyl halides is 1. The van der Waals surface area contributed by atoms with Crippen molar-refractivity contribution in [3.8, 4) is 5.75 Å². The van der Waals surface area contributed by atoms with Gasteiger partial charge in [-0.3, -0.25) is 4.39 Å². The zero-order valence-electron chi connectivity index (χ0n) is 7.97. The first-order valence-corrected chi connectivity index (χ1v) is 4.34. The number of methoxy groups -OCH3 is 1. The molecule has 1 aromatic rings. The van der Waals surface area contributed by atoms with E-state index in [4.69, 9.17) is 10.5 Å². The van der Waals surface area contributed by atoms with Crippen molar-refractivity contribution < 1.29 is 13.5 Å². The zero-order chi connectivity index (χ0) is 10.6. The van der Waals surface area contributed by atoms with Crippen LogP contribution in [0.2, 0.25) is 0 Å². The number of ether oxygens (including phenoxy) is 1. The van der Waals surface area contributed by atoms with Gasteiger partial charge in [0.15, 0.2) is 11.6 Å². The third-order valence-corrected chi connectivity index (χ3v) is 2.02. The second-order valence-corrected chi connectivity index (χ2v) is 2.98. The van der Waals surface area contributed by atoms with Gasteiger partial charge in [-0.25, -0.2) is 4.39 Å². The van der Waals surface area contributed by atoms with Crippen molar-refractivity contribution in [2.24, 2.45) is 5.73 Å².